The Bertz CT molecular complexity index is 472. The summed E-state index contributed by atoms with van der Waals surface area (Å²) >= 11 is 0. The molecule has 20 heavy (non-hydrogen) atoms. The van der Waals surface area contributed by atoms with Gasteiger partial charge in [-0.25, -0.2) is 4.98 Å². The van der Waals surface area contributed by atoms with Gasteiger partial charge in [0, 0.05) is 19.3 Å². The summed E-state index contributed by atoms with van der Waals surface area (Å²) in [5, 5.41) is 12.9. The average Bonchev–Trinajstić information content (AvgIpc) is 2.47. The molecule has 0 aromatic carbocycles. The van der Waals surface area contributed by atoms with Crippen LogP contribution in [0.1, 0.15) is 37.3 Å². The molecule has 1 aromatic heterocycles. The highest BCUT2D eigenvalue weighted by Crippen LogP contribution is 2.23. The number of aryl methyl sites for hydroxylation is 1. The molecule has 1 unspecified atom stereocenters. The van der Waals surface area contributed by atoms with E-state index in [1.165, 1.54) is 12.8 Å². The lowest BCUT2D eigenvalue weighted by atomic mass is 9.98. The van der Waals surface area contributed by atoms with Crippen LogP contribution < -0.4 is 10.2 Å². The first kappa shape index (κ1) is 14.8. The Balaban J connectivity index is 2.19. The van der Waals surface area contributed by atoms with Gasteiger partial charge in [0.05, 0.1) is 5.56 Å². The van der Waals surface area contributed by atoms with Crippen molar-refractivity contribution >= 4 is 5.82 Å². The number of nitrogens with one attached hydrogen (secondary N) is 1. The van der Waals surface area contributed by atoms with Crippen molar-refractivity contribution < 1.29 is 0 Å². The number of anilines is 1. The molecule has 4 nitrogen and oxygen atoms in total. The number of hydrogen-bond acceptors (Lipinski definition) is 4. The van der Waals surface area contributed by atoms with Gasteiger partial charge in [0.2, 0.25) is 0 Å². The van der Waals surface area contributed by atoms with Crippen molar-refractivity contribution in [3.8, 4) is 6.07 Å². The lowest BCUT2D eigenvalue weighted by molar-refractivity contribution is 0.376. The van der Waals surface area contributed by atoms with Crippen molar-refractivity contribution in [2.45, 2.75) is 33.1 Å². The highest BCUT2D eigenvalue weighted by atomic mass is 15.2. The van der Waals surface area contributed by atoms with E-state index in [9.17, 15) is 5.26 Å². The average molecular weight is 272 g/mol. The summed E-state index contributed by atoms with van der Waals surface area (Å²) in [6.07, 6.45) is 5.39. The van der Waals surface area contributed by atoms with Crippen molar-refractivity contribution in [3.63, 3.8) is 0 Å². The largest absolute Gasteiger partial charge is 0.355 e. The number of piperidine rings is 1. The van der Waals surface area contributed by atoms with Crippen LogP contribution >= 0.6 is 0 Å². The van der Waals surface area contributed by atoms with Gasteiger partial charge in [0.25, 0.3) is 0 Å². The van der Waals surface area contributed by atoms with Crippen LogP contribution in [0, 0.1) is 24.2 Å². The van der Waals surface area contributed by atoms with E-state index in [0.717, 1.165) is 49.5 Å². The number of hydrogen-bond donors (Lipinski definition) is 1. The van der Waals surface area contributed by atoms with Crippen LogP contribution in [0.15, 0.2) is 12.3 Å². The summed E-state index contributed by atoms with van der Waals surface area (Å²) in [7, 11) is 0. The zero-order valence-electron chi connectivity index (χ0n) is 12.5. The van der Waals surface area contributed by atoms with Crippen molar-refractivity contribution in [2.24, 2.45) is 5.92 Å². The summed E-state index contributed by atoms with van der Waals surface area (Å²) < 4.78 is 0. The Labute approximate surface area is 121 Å². The number of nitriles is 1. The minimum Gasteiger partial charge on any atom is -0.355 e. The minimum absolute atomic E-state index is 0.657. The van der Waals surface area contributed by atoms with Crippen molar-refractivity contribution in [2.75, 3.05) is 31.1 Å². The number of rotatable bonds is 5. The lowest BCUT2D eigenvalue weighted by Crippen LogP contribution is -2.39. The maximum Gasteiger partial charge on any atom is 0.146 e. The molecular formula is C16H24N4. The molecule has 2 rings (SSSR count). The minimum atomic E-state index is 0.657. The third-order valence-electron chi connectivity index (χ3n) is 3.92. The smallest absolute Gasteiger partial charge is 0.146 e. The van der Waals surface area contributed by atoms with Gasteiger partial charge in [-0.1, -0.05) is 6.92 Å². The maximum absolute atomic E-state index is 9.39. The Morgan fingerprint density at radius 1 is 1.55 bits per heavy atom. The number of nitrogens with zero attached hydrogens (tertiary/aromatic N) is 3. The highest BCUT2D eigenvalue weighted by Gasteiger charge is 2.20. The highest BCUT2D eigenvalue weighted by molar-refractivity contribution is 5.57. The molecule has 0 radical (unpaired) electrons. The molecule has 1 aliphatic heterocycles. The van der Waals surface area contributed by atoms with Gasteiger partial charge in [0.15, 0.2) is 0 Å². The number of aromatic nitrogens is 1. The standard InChI is InChI=1S/C16H24N4/c1-3-9-20(12-14-5-4-7-18-11-14)16-15(10-17)13(2)6-8-19-16/h6,8,14,18H,3-5,7,9,11-12H2,1-2H3. The van der Waals surface area contributed by atoms with Crippen LogP contribution in [0.4, 0.5) is 5.82 Å². The predicted octanol–water partition coefficient (Wildman–Crippen LogP) is 2.48. The summed E-state index contributed by atoms with van der Waals surface area (Å²) in [5.74, 6) is 1.52. The summed E-state index contributed by atoms with van der Waals surface area (Å²) in [6, 6.07) is 4.23. The van der Waals surface area contributed by atoms with Gasteiger partial charge in [-0.15, -0.1) is 0 Å². The van der Waals surface area contributed by atoms with E-state index in [-0.39, 0.29) is 0 Å². The van der Waals surface area contributed by atoms with E-state index in [4.69, 9.17) is 0 Å². The van der Waals surface area contributed by atoms with Gasteiger partial charge in [-0.05, 0) is 56.8 Å². The second-order valence-electron chi connectivity index (χ2n) is 5.60. The first-order valence-electron chi connectivity index (χ1n) is 7.57. The molecule has 2 heterocycles. The van der Waals surface area contributed by atoms with E-state index in [2.05, 4.69) is 28.2 Å². The van der Waals surface area contributed by atoms with Gasteiger partial charge in [-0.2, -0.15) is 5.26 Å². The van der Waals surface area contributed by atoms with Gasteiger partial charge < -0.3 is 10.2 Å². The van der Waals surface area contributed by atoms with Crippen LogP contribution in [0.5, 0.6) is 0 Å². The molecule has 108 valence electrons. The fourth-order valence-electron chi connectivity index (χ4n) is 2.87. The predicted molar refractivity (Wildman–Crippen MR) is 81.8 cm³/mol. The molecule has 1 aromatic rings. The summed E-state index contributed by atoms with van der Waals surface area (Å²) in [5.41, 5.74) is 1.74. The van der Waals surface area contributed by atoms with E-state index in [0.29, 0.717) is 5.92 Å². The summed E-state index contributed by atoms with van der Waals surface area (Å²) in [6.45, 7) is 8.32. The van der Waals surface area contributed by atoms with Crippen LogP contribution in [0.2, 0.25) is 0 Å². The molecule has 0 aliphatic carbocycles. The molecule has 1 aliphatic rings. The Kier molecular flexibility index (Phi) is 5.37. The molecule has 0 bridgehead atoms. The zero-order valence-corrected chi connectivity index (χ0v) is 12.5. The molecule has 1 N–H and O–H groups in total. The summed E-state index contributed by atoms with van der Waals surface area (Å²) in [4.78, 5) is 6.77. The fraction of sp³-hybridized carbons (Fsp3) is 0.625. The molecular weight excluding hydrogens is 248 g/mol. The molecule has 4 heteroatoms. The van der Waals surface area contributed by atoms with Crippen LogP contribution in [0.25, 0.3) is 0 Å². The zero-order chi connectivity index (χ0) is 14.4. The Hall–Kier alpha value is -1.60. The number of pyridine rings is 1. The van der Waals surface area contributed by atoms with Crippen molar-refractivity contribution in [1.82, 2.24) is 10.3 Å². The molecule has 1 atom stereocenters. The van der Waals surface area contributed by atoms with Crippen molar-refractivity contribution in [1.29, 1.82) is 5.26 Å². The molecule has 0 amide bonds. The molecule has 0 saturated carbocycles. The fourth-order valence-corrected chi connectivity index (χ4v) is 2.87. The van der Waals surface area contributed by atoms with E-state index >= 15 is 0 Å². The maximum atomic E-state index is 9.39. The van der Waals surface area contributed by atoms with Crippen LogP contribution in [-0.2, 0) is 0 Å². The molecule has 1 saturated heterocycles. The van der Waals surface area contributed by atoms with Gasteiger partial charge in [-0.3, -0.25) is 0 Å². The Morgan fingerprint density at radius 3 is 3.05 bits per heavy atom. The normalized spacial score (nSPS) is 18.6. The van der Waals surface area contributed by atoms with Gasteiger partial charge in [0.1, 0.15) is 11.9 Å². The first-order chi connectivity index (χ1) is 9.76. The second-order valence-corrected chi connectivity index (χ2v) is 5.60. The quantitative estimate of drug-likeness (QED) is 0.894. The van der Waals surface area contributed by atoms with E-state index in [1.54, 1.807) is 0 Å². The van der Waals surface area contributed by atoms with Crippen molar-refractivity contribution in [3.05, 3.63) is 23.4 Å². The lowest BCUT2D eigenvalue weighted by Gasteiger charge is -2.31. The van der Waals surface area contributed by atoms with E-state index < -0.39 is 0 Å². The third-order valence-corrected chi connectivity index (χ3v) is 3.92. The monoisotopic (exact) mass is 272 g/mol. The van der Waals surface area contributed by atoms with E-state index in [1.807, 2.05) is 19.2 Å². The SMILES string of the molecule is CCCN(CC1CCCNC1)c1nccc(C)c1C#N. The Morgan fingerprint density at radius 2 is 2.40 bits per heavy atom. The van der Waals surface area contributed by atoms with Crippen LogP contribution in [-0.4, -0.2) is 31.2 Å². The molecule has 1 fully saturated rings. The third kappa shape index (κ3) is 3.49. The first-order valence-corrected chi connectivity index (χ1v) is 7.57. The van der Waals surface area contributed by atoms with Crippen LogP contribution in [0.3, 0.4) is 0 Å². The molecule has 0 spiro atoms. The second kappa shape index (κ2) is 7.25. The van der Waals surface area contributed by atoms with Gasteiger partial charge >= 0.3 is 0 Å². The topological polar surface area (TPSA) is 52.0 Å².